The van der Waals surface area contributed by atoms with Gasteiger partial charge in [-0.15, -0.1) is 0 Å². The van der Waals surface area contributed by atoms with Gasteiger partial charge in [0.1, 0.15) is 0 Å². The average molecular weight is 278 g/mol. The topological polar surface area (TPSA) is 127 Å². The van der Waals surface area contributed by atoms with Gasteiger partial charge in [0, 0.05) is 0 Å². The predicted octanol–water partition coefficient (Wildman–Crippen LogP) is -0.387. The maximum absolute atomic E-state index is 10.8. The van der Waals surface area contributed by atoms with Crippen molar-refractivity contribution in [2.45, 2.75) is 19.4 Å². The minimum atomic E-state index is -4.08. The van der Waals surface area contributed by atoms with E-state index in [1.807, 2.05) is 0 Å². The number of carbonyl (C=O) groups is 2. The molecule has 0 aromatic rings. The van der Waals surface area contributed by atoms with Gasteiger partial charge < -0.3 is 11.1 Å². The van der Waals surface area contributed by atoms with Gasteiger partial charge in [0.25, 0.3) is 10.1 Å². The Morgan fingerprint density at radius 1 is 1.33 bits per heavy atom. The van der Waals surface area contributed by atoms with Crippen LogP contribution in [0.15, 0.2) is 25.3 Å². The minimum Gasteiger partial charge on any atom is -0.366 e. The average Bonchev–Trinajstić information content (AvgIpc) is 2.13. The third-order valence-corrected chi connectivity index (χ3v) is 2.48. The Morgan fingerprint density at radius 2 is 1.72 bits per heavy atom. The number of hydrogen-bond acceptors (Lipinski definition) is 4. The van der Waals surface area contributed by atoms with Gasteiger partial charge in [-0.1, -0.05) is 13.2 Å². The van der Waals surface area contributed by atoms with Gasteiger partial charge in [0.15, 0.2) is 0 Å². The van der Waals surface area contributed by atoms with Crippen LogP contribution < -0.4 is 11.1 Å². The van der Waals surface area contributed by atoms with Gasteiger partial charge in [-0.2, -0.15) is 8.42 Å². The normalized spacial score (nSPS) is 10.6. The van der Waals surface area contributed by atoms with Crippen molar-refractivity contribution in [3.8, 4) is 0 Å². The molecule has 0 aromatic carbocycles. The fraction of sp³-hybridized carbons (Fsp3) is 0.400. The Hall–Kier alpha value is -1.67. The van der Waals surface area contributed by atoms with Crippen LogP contribution in [-0.2, 0) is 19.7 Å². The van der Waals surface area contributed by atoms with Crippen molar-refractivity contribution in [2.75, 3.05) is 5.75 Å². The molecule has 7 nitrogen and oxygen atoms in total. The third-order valence-electron chi connectivity index (χ3n) is 1.39. The van der Waals surface area contributed by atoms with Gasteiger partial charge in [-0.3, -0.25) is 14.1 Å². The Morgan fingerprint density at radius 3 is 1.94 bits per heavy atom. The third kappa shape index (κ3) is 14.3. The fourth-order valence-corrected chi connectivity index (χ4v) is 1.86. The fourth-order valence-electron chi connectivity index (χ4n) is 0.877. The van der Waals surface area contributed by atoms with Crippen molar-refractivity contribution < 1.29 is 22.6 Å². The summed E-state index contributed by atoms with van der Waals surface area (Å²) in [4.78, 5) is 20.3. The zero-order chi connectivity index (χ0) is 15.0. The lowest BCUT2D eigenvalue weighted by Gasteiger charge is -2.23. The highest BCUT2D eigenvalue weighted by Gasteiger charge is 2.25. The van der Waals surface area contributed by atoms with E-state index in [1.165, 1.54) is 13.8 Å². The molecule has 0 unspecified atom stereocenters. The van der Waals surface area contributed by atoms with Crippen LogP contribution in [0.3, 0.4) is 0 Å². The minimum absolute atomic E-state index is 0.478. The van der Waals surface area contributed by atoms with E-state index < -0.39 is 33.2 Å². The molecule has 18 heavy (non-hydrogen) atoms. The Balaban J connectivity index is 0. The highest BCUT2D eigenvalue weighted by molar-refractivity contribution is 7.85. The van der Waals surface area contributed by atoms with Crippen LogP contribution in [0.25, 0.3) is 0 Å². The molecule has 0 aromatic heterocycles. The summed E-state index contributed by atoms with van der Waals surface area (Å²) in [5.41, 5.74) is 3.53. The van der Waals surface area contributed by atoms with Crippen molar-refractivity contribution in [3.05, 3.63) is 25.3 Å². The SMILES string of the molecule is C=CC(=O)NC(C)(C)CS(=O)(=O)O.C=CC(N)=O. The number of nitrogens with two attached hydrogens (primary N) is 1. The first-order valence-electron chi connectivity index (χ1n) is 4.75. The first-order chi connectivity index (χ1) is 7.93. The molecule has 0 aliphatic carbocycles. The first-order valence-corrected chi connectivity index (χ1v) is 6.36. The lowest BCUT2D eigenvalue weighted by Crippen LogP contribution is -2.47. The Labute approximate surface area is 106 Å². The predicted molar refractivity (Wildman–Crippen MR) is 68.2 cm³/mol. The summed E-state index contributed by atoms with van der Waals surface area (Å²) < 4.78 is 29.5. The van der Waals surface area contributed by atoms with Crippen LogP contribution >= 0.6 is 0 Å². The molecule has 4 N–H and O–H groups in total. The summed E-state index contributed by atoms with van der Waals surface area (Å²) in [6.07, 6.45) is 2.09. The van der Waals surface area contributed by atoms with Gasteiger partial charge in [-0.25, -0.2) is 0 Å². The van der Waals surface area contributed by atoms with Crippen LogP contribution in [0.5, 0.6) is 0 Å². The Kier molecular flexibility index (Phi) is 7.91. The highest BCUT2D eigenvalue weighted by Crippen LogP contribution is 2.05. The summed E-state index contributed by atoms with van der Waals surface area (Å²) >= 11 is 0. The number of rotatable bonds is 5. The van der Waals surface area contributed by atoms with Crippen LogP contribution in [0.1, 0.15) is 13.8 Å². The van der Waals surface area contributed by atoms with Crippen molar-refractivity contribution >= 4 is 21.9 Å². The molecule has 0 heterocycles. The van der Waals surface area contributed by atoms with E-state index in [4.69, 9.17) is 4.55 Å². The maximum Gasteiger partial charge on any atom is 0.267 e. The molecule has 0 rings (SSSR count). The second-order valence-electron chi connectivity index (χ2n) is 3.91. The Bertz CT molecular complexity index is 426. The standard InChI is InChI=1S/C7H13NO4S.C3H5NO/c1-4-6(9)8-7(2,3)5-13(10,11)12;1-2-3(4)5/h4H,1,5H2,2-3H3,(H,8,9)(H,10,11,12);2H,1H2,(H2,4,5). The lowest BCUT2D eigenvalue weighted by atomic mass is 10.1. The van der Waals surface area contributed by atoms with Crippen molar-refractivity contribution in [1.82, 2.24) is 5.32 Å². The zero-order valence-electron chi connectivity index (χ0n) is 10.3. The summed E-state index contributed by atoms with van der Waals surface area (Å²) in [6, 6.07) is 0. The smallest absolute Gasteiger partial charge is 0.267 e. The molecule has 0 atom stereocenters. The van der Waals surface area contributed by atoms with E-state index in [2.05, 4.69) is 24.2 Å². The van der Waals surface area contributed by atoms with Crippen molar-refractivity contribution in [2.24, 2.45) is 5.73 Å². The molecule has 0 saturated carbocycles. The molecule has 0 aliphatic heterocycles. The molecule has 0 fully saturated rings. The number of nitrogens with one attached hydrogen (secondary N) is 1. The quantitative estimate of drug-likeness (QED) is 0.466. The van der Waals surface area contributed by atoms with Gasteiger partial charge >= 0.3 is 0 Å². The summed E-state index contributed by atoms with van der Waals surface area (Å²) in [5.74, 6) is -1.49. The van der Waals surface area contributed by atoms with E-state index in [1.54, 1.807) is 0 Å². The molecular formula is C10H18N2O5S. The maximum atomic E-state index is 10.8. The van der Waals surface area contributed by atoms with Crippen molar-refractivity contribution in [1.29, 1.82) is 0 Å². The van der Waals surface area contributed by atoms with Crippen LogP contribution in [0.4, 0.5) is 0 Å². The number of hydrogen-bond donors (Lipinski definition) is 3. The van der Waals surface area contributed by atoms with E-state index in [9.17, 15) is 18.0 Å². The first kappa shape index (κ1) is 18.7. The van der Waals surface area contributed by atoms with Gasteiger partial charge in [0.05, 0.1) is 11.3 Å². The van der Waals surface area contributed by atoms with E-state index >= 15 is 0 Å². The van der Waals surface area contributed by atoms with Crippen LogP contribution in [-0.4, -0.2) is 36.1 Å². The molecule has 104 valence electrons. The van der Waals surface area contributed by atoms with E-state index in [-0.39, 0.29) is 0 Å². The van der Waals surface area contributed by atoms with E-state index in [0.29, 0.717) is 0 Å². The summed E-state index contributed by atoms with van der Waals surface area (Å²) in [5, 5.41) is 2.37. The molecule has 0 saturated heterocycles. The molecule has 2 amide bonds. The van der Waals surface area contributed by atoms with E-state index in [0.717, 1.165) is 12.2 Å². The zero-order valence-corrected chi connectivity index (χ0v) is 11.2. The van der Waals surface area contributed by atoms with Gasteiger partial charge in [-0.05, 0) is 26.0 Å². The van der Waals surface area contributed by atoms with Crippen molar-refractivity contribution in [3.63, 3.8) is 0 Å². The second-order valence-corrected chi connectivity index (χ2v) is 5.36. The largest absolute Gasteiger partial charge is 0.366 e. The molecular weight excluding hydrogens is 260 g/mol. The van der Waals surface area contributed by atoms with Crippen LogP contribution in [0, 0.1) is 0 Å². The number of primary amides is 1. The molecule has 0 bridgehead atoms. The highest BCUT2D eigenvalue weighted by atomic mass is 32.2. The number of amides is 2. The summed E-state index contributed by atoms with van der Waals surface area (Å²) in [6.45, 7) is 9.28. The summed E-state index contributed by atoms with van der Waals surface area (Å²) in [7, 11) is -4.08. The monoisotopic (exact) mass is 278 g/mol. The number of carbonyl (C=O) groups excluding carboxylic acids is 2. The molecule has 8 heteroatoms. The molecule has 0 radical (unpaired) electrons. The van der Waals surface area contributed by atoms with Crippen LogP contribution in [0.2, 0.25) is 0 Å². The lowest BCUT2D eigenvalue weighted by molar-refractivity contribution is -0.117. The molecule has 0 spiro atoms. The molecule has 0 aliphatic rings. The second kappa shape index (κ2) is 7.62. The van der Waals surface area contributed by atoms with Gasteiger partial charge in [0.2, 0.25) is 11.8 Å².